The molecule has 122 valence electrons. The van der Waals surface area contributed by atoms with E-state index in [0.29, 0.717) is 21.7 Å². The first-order valence-electron chi connectivity index (χ1n) is 7.43. The normalized spacial score (nSPS) is 10.5. The SMILES string of the molecule is Cc1cc(Nc2ncc(C(=O)Nc3ccccc3C)s2)nc(C)n1. The van der Waals surface area contributed by atoms with E-state index in [0.717, 1.165) is 16.9 Å². The molecule has 0 aliphatic heterocycles. The molecule has 3 rings (SSSR count). The van der Waals surface area contributed by atoms with E-state index in [2.05, 4.69) is 25.6 Å². The van der Waals surface area contributed by atoms with Gasteiger partial charge in [-0.3, -0.25) is 4.79 Å². The summed E-state index contributed by atoms with van der Waals surface area (Å²) in [5, 5.41) is 6.63. The Morgan fingerprint density at radius 1 is 1.12 bits per heavy atom. The lowest BCUT2D eigenvalue weighted by atomic mass is 10.2. The van der Waals surface area contributed by atoms with Gasteiger partial charge in [0.1, 0.15) is 16.5 Å². The van der Waals surface area contributed by atoms with Gasteiger partial charge in [-0.05, 0) is 32.4 Å². The van der Waals surface area contributed by atoms with Crippen LogP contribution in [0.4, 0.5) is 16.6 Å². The van der Waals surface area contributed by atoms with Gasteiger partial charge in [0.25, 0.3) is 5.91 Å². The highest BCUT2D eigenvalue weighted by Crippen LogP contribution is 2.23. The zero-order chi connectivity index (χ0) is 17.1. The van der Waals surface area contributed by atoms with Crippen LogP contribution in [0.25, 0.3) is 0 Å². The molecule has 24 heavy (non-hydrogen) atoms. The van der Waals surface area contributed by atoms with Crippen LogP contribution >= 0.6 is 11.3 Å². The van der Waals surface area contributed by atoms with Crippen molar-refractivity contribution >= 4 is 33.9 Å². The van der Waals surface area contributed by atoms with E-state index in [1.807, 2.05) is 51.1 Å². The van der Waals surface area contributed by atoms with Crippen molar-refractivity contribution < 1.29 is 4.79 Å². The summed E-state index contributed by atoms with van der Waals surface area (Å²) in [5.74, 6) is 1.18. The number of nitrogens with zero attached hydrogens (tertiary/aromatic N) is 3. The number of benzene rings is 1. The second-order valence-electron chi connectivity index (χ2n) is 5.37. The maximum atomic E-state index is 12.3. The summed E-state index contributed by atoms with van der Waals surface area (Å²) in [4.78, 5) is 25.7. The van der Waals surface area contributed by atoms with Crippen molar-refractivity contribution in [3.63, 3.8) is 0 Å². The minimum atomic E-state index is -0.176. The highest BCUT2D eigenvalue weighted by atomic mass is 32.1. The molecule has 0 saturated carbocycles. The number of hydrogen-bond donors (Lipinski definition) is 2. The number of aryl methyl sites for hydroxylation is 3. The zero-order valence-corrected chi connectivity index (χ0v) is 14.4. The molecule has 0 unspecified atom stereocenters. The molecule has 0 saturated heterocycles. The lowest BCUT2D eigenvalue weighted by Crippen LogP contribution is -2.10. The van der Waals surface area contributed by atoms with E-state index < -0.39 is 0 Å². The quantitative estimate of drug-likeness (QED) is 0.754. The first-order chi connectivity index (χ1) is 11.5. The maximum absolute atomic E-state index is 12.3. The predicted octanol–water partition coefficient (Wildman–Crippen LogP) is 3.85. The fraction of sp³-hybridized carbons (Fsp3) is 0.176. The number of nitrogens with one attached hydrogen (secondary N) is 2. The lowest BCUT2D eigenvalue weighted by Gasteiger charge is -2.06. The Hall–Kier alpha value is -2.80. The molecule has 1 amide bonds. The Labute approximate surface area is 144 Å². The van der Waals surface area contributed by atoms with E-state index in [1.54, 1.807) is 6.20 Å². The van der Waals surface area contributed by atoms with Gasteiger partial charge in [-0.2, -0.15) is 0 Å². The summed E-state index contributed by atoms with van der Waals surface area (Å²) in [5.41, 5.74) is 2.69. The van der Waals surface area contributed by atoms with Crippen LogP contribution in [0.2, 0.25) is 0 Å². The summed E-state index contributed by atoms with van der Waals surface area (Å²) in [7, 11) is 0. The summed E-state index contributed by atoms with van der Waals surface area (Å²) in [6.45, 7) is 5.69. The molecule has 0 bridgehead atoms. The van der Waals surface area contributed by atoms with Crippen molar-refractivity contribution in [2.75, 3.05) is 10.6 Å². The maximum Gasteiger partial charge on any atom is 0.267 e. The van der Waals surface area contributed by atoms with Crippen LogP contribution < -0.4 is 10.6 Å². The van der Waals surface area contributed by atoms with Gasteiger partial charge in [0.15, 0.2) is 5.13 Å². The smallest absolute Gasteiger partial charge is 0.267 e. The molecule has 0 aliphatic carbocycles. The highest BCUT2D eigenvalue weighted by molar-refractivity contribution is 7.17. The summed E-state index contributed by atoms with van der Waals surface area (Å²) < 4.78 is 0. The Balaban J connectivity index is 1.73. The van der Waals surface area contributed by atoms with E-state index in [1.165, 1.54) is 11.3 Å². The molecule has 2 N–H and O–H groups in total. The Morgan fingerprint density at radius 3 is 2.67 bits per heavy atom. The fourth-order valence-electron chi connectivity index (χ4n) is 2.22. The van der Waals surface area contributed by atoms with Crippen molar-refractivity contribution in [1.82, 2.24) is 15.0 Å². The third-order valence-electron chi connectivity index (χ3n) is 3.32. The van der Waals surface area contributed by atoms with E-state index in [9.17, 15) is 4.79 Å². The molecule has 6 nitrogen and oxygen atoms in total. The van der Waals surface area contributed by atoms with Gasteiger partial charge < -0.3 is 10.6 Å². The molecule has 2 heterocycles. The third-order valence-corrected chi connectivity index (χ3v) is 4.24. The Kier molecular flexibility index (Phi) is 4.52. The number of rotatable bonds is 4. The second kappa shape index (κ2) is 6.76. The van der Waals surface area contributed by atoms with Crippen molar-refractivity contribution in [2.45, 2.75) is 20.8 Å². The molecule has 0 aliphatic rings. The van der Waals surface area contributed by atoms with Crippen LogP contribution in [0.3, 0.4) is 0 Å². The Bertz CT molecular complexity index is 870. The van der Waals surface area contributed by atoms with Gasteiger partial charge in [-0.1, -0.05) is 29.5 Å². The van der Waals surface area contributed by atoms with Crippen LogP contribution in [0.5, 0.6) is 0 Å². The molecule has 3 aromatic rings. The van der Waals surface area contributed by atoms with Gasteiger partial charge in [-0.25, -0.2) is 15.0 Å². The third kappa shape index (κ3) is 3.75. The summed E-state index contributed by atoms with van der Waals surface area (Å²) >= 11 is 1.28. The van der Waals surface area contributed by atoms with Crippen molar-refractivity contribution in [3.8, 4) is 0 Å². The summed E-state index contributed by atoms with van der Waals surface area (Å²) in [6.07, 6.45) is 1.56. The monoisotopic (exact) mass is 339 g/mol. The van der Waals surface area contributed by atoms with Crippen LogP contribution in [-0.2, 0) is 0 Å². The number of thiazole rings is 1. The molecule has 0 spiro atoms. The van der Waals surface area contributed by atoms with Gasteiger partial charge in [0, 0.05) is 17.4 Å². The van der Waals surface area contributed by atoms with E-state index >= 15 is 0 Å². The van der Waals surface area contributed by atoms with Crippen LogP contribution in [-0.4, -0.2) is 20.9 Å². The zero-order valence-electron chi connectivity index (χ0n) is 13.6. The number of carbonyl (C=O) groups excluding carboxylic acids is 1. The lowest BCUT2D eigenvalue weighted by molar-refractivity contribution is 0.103. The molecule has 0 atom stereocenters. The van der Waals surface area contributed by atoms with Crippen LogP contribution in [0.1, 0.15) is 26.8 Å². The number of para-hydroxylation sites is 1. The van der Waals surface area contributed by atoms with E-state index in [-0.39, 0.29) is 5.91 Å². The van der Waals surface area contributed by atoms with Crippen LogP contribution in [0, 0.1) is 20.8 Å². The minimum Gasteiger partial charge on any atom is -0.321 e. The van der Waals surface area contributed by atoms with Gasteiger partial charge >= 0.3 is 0 Å². The molecular formula is C17H17N5OS. The van der Waals surface area contributed by atoms with Crippen molar-refractivity contribution in [3.05, 3.63) is 58.5 Å². The average molecular weight is 339 g/mol. The molecule has 2 aromatic heterocycles. The molecule has 0 fully saturated rings. The first-order valence-corrected chi connectivity index (χ1v) is 8.25. The molecular weight excluding hydrogens is 322 g/mol. The van der Waals surface area contributed by atoms with Crippen LogP contribution in [0.15, 0.2) is 36.5 Å². The highest BCUT2D eigenvalue weighted by Gasteiger charge is 2.12. The second-order valence-corrected chi connectivity index (χ2v) is 6.40. The average Bonchev–Trinajstić information content (AvgIpc) is 2.97. The van der Waals surface area contributed by atoms with Gasteiger partial charge in [0.2, 0.25) is 0 Å². The standard InChI is InChI=1S/C17H17N5OS/c1-10-6-4-5-7-13(10)21-16(23)14-9-18-17(24-14)22-15-8-11(2)19-12(3)20-15/h4-9H,1-3H3,(H,21,23)(H,18,19,20,22). The van der Waals surface area contributed by atoms with Crippen molar-refractivity contribution in [2.24, 2.45) is 0 Å². The van der Waals surface area contributed by atoms with Crippen molar-refractivity contribution in [1.29, 1.82) is 0 Å². The molecule has 7 heteroatoms. The number of anilines is 3. The minimum absolute atomic E-state index is 0.176. The first kappa shape index (κ1) is 16.1. The molecule has 1 aromatic carbocycles. The number of hydrogen-bond acceptors (Lipinski definition) is 6. The van der Waals surface area contributed by atoms with E-state index in [4.69, 9.17) is 0 Å². The Morgan fingerprint density at radius 2 is 1.92 bits per heavy atom. The number of amides is 1. The van der Waals surface area contributed by atoms with Gasteiger partial charge in [0.05, 0.1) is 6.20 Å². The summed E-state index contributed by atoms with van der Waals surface area (Å²) in [6, 6.07) is 9.49. The number of aromatic nitrogens is 3. The molecule has 0 radical (unpaired) electrons. The topological polar surface area (TPSA) is 79.8 Å². The predicted molar refractivity (Wildman–Crippen MR) is 96.0 cm³/mol. The fourth-order valence-corrected chi connectivity index (χ4v) is 2.94. The number of carbonyl (C=O) groups is 1. The largest absolute Gasteiger partial charge is 0.321 e. The van der Waals surface area contributed by atoms with Gasteiger partial charge in [-0.15, -0.1) is 0 Å².